The van der Waals surface area contributed by atoms with Gasteiger partial charge in [0.15, 0.2) is 23.7 Å². The van der Waals surface area contributed by atoms with Crippen molar-refractivity contribution in [3.63, 3.8) is 0 Å². The van der Waals surface area contributed by atoms with E-state index in [1.165, 1.54) is 12.1 Å². The molecular formula is C31H27F9O4. The lowest BCUT2D eigenvalue weighted by molar-refractivity contribution is -0.206. The van der Waals surface area contributed by atoms with Gasteiger partial charge in [0.2, 0.25) is 0 Å². The Bertz CT molecular complexity index is 1420. The molecule has 1 heterocycles. The highest BCUT2D eigenvalue weighted by Gasteiger charge is 2.42. The van der Waals surface area contributed by atoms with Gasteiger partial charge < -0.3 is 18.9 Å². The summed E-state index contributed by atoms with van der Waals surface area (Å²) in [7, 11) is 0. The van der Waals surface area contributed by atoms with E-state index in [0.29, 0.717) is 30.9 Å². The molecule has 0 bridgehead atoms. The van der Waals surface area contributed by atoms with Crippen molar-refractivity contribution in [3.05, 3.63) is 95.0 Å². The molecule has 0 spiro atoms. The number of hydrogen-bond acceptors (Lipinski definition) is 4. The lowest BCUT2D eigenvalue weighted by Gasteiger charge is -2.29. The Labute approximate surface area is 247 Å². The molecule has 3 aromatic rings. The second kappa shape index (κ2) is 14.4. The quantitative estimate of drug-likeness (QED) is 0.113. The van der Waals surface area contributed by atoms with Crippen molar-refractivity contribution in [2.24, 2.45) is 5.92 Å². The monoisotopic (exact) mass is 634 g/mol. The van der Waals surface area contributed by atoms with Crippen LogP contribution in [0.2, 0.25) is 0 Å². The molecule has 238 valence electrons. The predicted octanol–water partition coefficient (Wildman–Crippen LogP) is 9.58. The SMILES string of the molecule is CCCCCC1COC(c2ccc(-c3cc(F)c(C(F)(F)Oc4cc(F)c(O/C=C/C(F)F)c(F)c4)c(F)c3)c(F)c2)OC1. The van der Waals surface area contributed by atoms with E-state index in [1.54, 1.807) is 0 Å². The fraction of sp³-hybridized carbons (Fsp3) is 0.355. The molecule has 4 rings (SSSR count). The first-order chi connectivity index (χ1) is 20.9. The van der Waals surface area contributed by atoms with Crippen LogP contribution in [0.15, 0.2) is 54.8 Å². The van der Waals surface area contributed by atoms with Gasteiger partial charge in [-0.15, -0.1) is 0 Å². The molecule has 1 fully saturated rings. The van der Waals surface area contributed by atoms with Gasteiger partial charge >= 0.3 is 6.11 Å². The van der Waals surface area contributed by atoms with Crippen LogP contribution in [0.25, 0.3) is 11.1 Å². The van der Waals surface area contributed by atoms with E-state index < -0.39 is 70.5 Å². The van der Waals surface area contributed by atoms with Crippen molar-refractivity contribution >= 4 is 0 Å². The molecule has 0 aromatic heterocycles. The minimum atomic E-state index is -4.80. The maximum absolute atomic E-state index is 15.0. The zero-order valence-electron chi connectivity index (χ0n) is 23.2. The summed E-state index contributed by atoms with van der Waals surface area (Å²) in [5, 5.41) is 0. The van der Waals surface area contributed by atoms with E-state index in [1.807, 2.05) is 0 Å². The van der Waals surface area contributed by atoms with Crippen LogP contribution in [-0.4, -0.2) is 19.6 Å². The zero-order chi connectivity index (χ0) is 32.0. The molecule has 0 aliphatic carbocycles. The van der Waals surface area contributed by atoms with Gasteiger partial charge in [0.25, 0.3) is 6.43 Å². The molecule has 4 nitrogen and oxygen atoms in total. The number of allylic oxidation sites excluding steroid dienone is 1. The van der Waals surface area contributed by atoms with E-state index in [4.69, 9.17) is 9.47 Å². The number of benzene rings is 3. The number of rotatable bonds is 12. The van der Waals surface area contributed by atoms with Crippen LogP contribution in [0, 0.1) is 35.0 Å². The first kappa shape index (κ1) is 33.2. The number of unbranched alkanes of at least 4 members (excludes halogenated alkanes) is 2. The van der Waals surface area contributed by atoms with Crippen molar-refractivity contribution in [3.8, 4) is 22.6 Å². The highest BCUT2D eigenvalue weighted by atomic mass is 19.3. The van der Waals surface area contributed by atoms with Crippen molar-refractivity contribution in [1.82, 2.24) is 0 Å². The fourth-order valence-corrected chi connectivity index (χ4v) is 4.58. The van der Waals surface area contributed by atoms with Gasteiger partial charge in [-0.3, -0.25) is 0 Å². The zero-order valence-corrected chi connectivity index (χ0v) is 23.2. The average Bonchev–Trinajstić information content (AvgIpc) is 2.94. The number of hydrogen-bond donors (Lipinski definition) is 0. The molecule has 0 atom stereocenters. The highest BCUT2D eigenvalue weighted by Crippen LogP contribution is 2.39. The maximum atomic E-state index is 15.0. The second-order valence-corrected chi connectivity index (χ2v) is 10.0. The average molecular weight is 635 g/mol. The van der Waals surface area contributed by atoms with Gasteiger partial charge in [0.05, 0.1) is 19.5 Å². The van der Waals surface area contributed by atoms with E-state index in [2.05, 4.69) is 16.4 Å². The smallest absolute Gasteiger partial charge is 0.432 e. The van der Waals surface area contributed by atoms with E-state index in [9.17, 15) is 35.1 Å². The fourth-order valence-electron chi connectivity index (χ4n) is 4.58. The first-order valence-electron chi connectivity index (χ1n) is 13.6. The molecule has 13 heteroatoms. The Morgan fingerprint density at radius 3 is 2.07 bits per heavy atom. The lowest BCUT2D eigenvalue weighted by Crippen LogP contribution is -2.27. The lowest BCUT2D eigenvalue weighted by atomic mass is 9.99. The van der Waals surface area contributed by atoms with Crippen LogP contribution >= 0.6 is 0 Å². The molecule has 3 aromatic carbocycles. The maximum Gasteiger partial charge on any atom is 0.432 e. The molecule has 44 heavy (non-hydrogen) atoms. The summed E-state index contributed by atoms with van der Waals surface area (Å²) < 4.78 is 147. The van der Waals surface area contributed by atoms with Crippen LogP contribution in [0.4, 0.5) is 39.5 Å². The summed E-state index contributed by atoms with van der Waals surface area (Å²) in [4.78, 5) is 0. The first-order valence-corrected chi connectivity index (χ1v) is 13.6. The molecular weight excluding hydrogens is 607 g/mol. The Kier molecular flexibility index (Phi) is 10.8. The van der Waals surface area contributed by atoms with Crippen molar-refractivity contribution < 1.29 is 58.5 Å². The van der Waals surface area contributed by atoms with Gasteiger partial charge in [-0.1, -0.05) is 38.3 Å². The topological polar surface area (TPSA) is 36.9 Å². The molecule has 1 saturated heterocycles. The highest BCUT2D eigenvalue weighted by molar-refractivity contribution is 5.65. The Hall–Kier alpha value is -3.71. The summed E-state index contributed by atoms with van der Waals surface area (Å²) in [6.07, 6.45) is -4.04. The molecule has 0 amide bonds. The third kappa shape index (κ3) is 8.06. The van der Waals surface area contributed by atoms with Gasteiger partial charge in [-0.05, 0) is 30.2 Å². The van der Waals surface area contributed by atoms with Crippen LogP contribution in [0.1, 0.15) is 50.0 Å². The predicted molar refractivity (Wildman–Crippen MR) is 141 cm³/mol. The van der Waals surface area contributed by atoms with Crippen molar-refractivity contribution in [2.75, 3.05) is 13.2 Å². The Balaban J connectivity index is 1.49. The Morgan fingerprint density at radius 2 is 1.50 bits per heavy atom. The number of ether oxygens (including phenoxy) is 4. The second-order valence-electron chi connectivity index (χ2n) is 10.0. The molecule has 0 unspecified atom stereocenters. The molecule has 1 aliphatic rings. The van der Waals surface area contributed by atoms with E-state index in [-0.39, 0.29) is 36.0 Å². The Morgan fingerprint density at radius 1 is 0.864 bits per heavy atom. The summed E-state index contributed by atoms with van der Waals surface area (Å²) in [5.41, 5.74) is -2.31. The van der Waals surface area contributed by atoms with Gasteiger partial charge in [-0.2, -0.15) is 8.78 Å². The third-order valence-electron chi connectivity index (χ3n) is 6.72. The summed E-state index contributed by atoms with van der Waals surface area (Å²) in [6.45, 7) is 2.93. The summed E-state index contributed by atoms with van der Waals surface area (Å²) >= 11 is 0. The van der Waals surface area contributed by atoms with E-state index in [0.717, 1.165) is 31.7 Å². The van der Waals surface area contributed by atoms with Gasteiger partial charge in [-0.25, -0.2) is 30.7 Å². The van der Waals surface area contributed by atoms with Gasteiger partial charge in [0, 0.05) is 35.3 Å². The normalized spacial score (nSPS) is 17.4. The number of halogens is 9. The minimum Gasteiger partial charge on any atom is -0.459 e. The van der Waals surface area contributed by atoms with Crippen LogP contribution in [0.3, 0.4) is 0 Å². The molecule has 0 N–H and O–H groups in total. The van der Waals surface area contributed by atoms with Gasteiger partial charge in [0.1, 0.15) is 28.8 Å². The number of alkyl halides is 4. The molecule has 0 saturated carbocycles. The minimum absolute atomic E-state index is 0.163. The summed E-state index contributed by atoms with van der Waals surface area (Å²) in [5.74, 6) is -10.0. The molecule has 1 aliphatic heterocycles. The van der Waals surface area contributed by atoms with Crippen molar-refractivity contribution in [2.45, 2.75) is 51.4 Å². The van der Waals surface area contributed by atoms with Crippen molar-refractivity contribution in [1.29, 1.82) is 0 Å². The van der Waals surface area contributed by atoms with Crippen LogP contribution in [0.5, 0.6) is 11.5 Å². The van der Waals surface area contributed by atoms with Crippen LogP contribution in [-0.2, 0) is 15.6 Å². The van der Waals surface area contributed by atoms with E-state index >= 15 is 4.39 Å². The standard InChI is InChI=1S/C31H27F9O4/c1-2-3-4-5-17-15-42-30(43-16-17)18-6-7-21(22(32)10-18)19-11-23(33)28(24(34)12-19)31(39,40)44-20-13-25(35)29(26(36)14-20)41-9-8-27(37)38/h6-14,17,27,30H,2-5,15-16H2,1H3/b9-8+. The molecule has 0 radical (unpaired) electrons. The largest absolute Gasteiger partial charge is 0.459 e. The third-order valence-corrected chi connectivity index (χ3v) is 6.72. The van der Waals surface area contributed by atoms with Crippen LogP contribution < -0.4 is 9.47 Å². The summed E-state index contributed by atoms with van der Waals surface area (Å²) in [6, 6.07) is 4.98.